The van der Waals surface area contributed by atoms with E-state index in [0.29, 0.717) is 17.0 Å². The van der Waals surface area contributed by atoms with E-state index in [2.05, 4.69) is 5.32 Å². The molecule has 1 aromatic heterocycles. The third-order valence-corrected chi connectivity index (χ3v) is 4.07. The number of benzene rings is 3. The Morgan fingerprint density at radius 3 is 2.56 bits per heavy atom. The van der Waals surface area contributed by atoms with E-state index in [-0.39, 0.29) is 5.56 Å². The zero-order valence-corrected chi connectivity index (χ0v) is 13.4. The number of nitrogens with one attached hydrogen (secondary N) is 1. The SMILES string of the molecule is COc1cc2c(cc1NC(=O)c1ccccc1F)oc1ccccc12. The average Bonchev–Trinajstić information content (AvgIpc) is 2.98. The lowest BCUT2D eigenvalue weighted by Gasteiger charge is -2.10. The molecule has 0 aliphatic heterocycles. The molecule has 0 bridgehead atoms. The third kappa shape index (κ3) is 2.59. The van der Waals surface area contributed by atoms with E-state index in [9.17, 15) is 9.18 Å². The Bertz CT molecular complexity index is 1100. The number of rotatable bonds is 3. The second-order valence-corrected chi connectivity index (χ2v) is 5.58. The molecule has 0 fully saturated rings. The molecule has 0 spiro atoms. The summed E-state index contributed by atoms with van der Waals surface area (Å²) in [5, 5.41) is 4.54. The Balaban J connectivity index is 1.80. The van der Waals surface area contributed by atoms with Crippen LogP contribution in [0.4, 0.5) is 10.1 Å². The van der Waals surface area contributed by atoms with Gasteiger partial charge in [-0.15, -0.1) is 0 Å². The molecule has 1 N–H and O–H groups in total. The summed E-state index contributed by atoms with van der Waals surface area (Å²) in [6.45, 7) is 0. The van der Waals surface area contributed by atoms with Crippen molar-refractivity contribution in [1.82, 2.24) is 0 Å². The first-order chi connectivity index (χ1) is 12.2. The van der Waals surface area contributed by atoms with Crippen LogP contribution >= 0.6 is 0 Å². The normalized spacial score (nSPS) is 11.0. The summed E-state index contributed by atoms with van der Waals surface area (Å²) in [4.78, 5) is 12.4. The van der Waals surface area contributed by atoms with Crippen LogP contribution in [0.25, 0.3) is 21.9 Å². The van der Waals surface area contributed by atoms with Gasteiger partial charge in [-0.2, -0.15) is 0 Å². The van der Waals surface area contributed by atoms with Gasteiger partial charge in [0.25, 0.3) is 5.91 Å². The van der Waals surface area contributed by atoms with Crippen LogP contribution in [0.3, 0.4) is 0 Å². The lowest BCUT2D eigenvalue weighted by Crippen LogP contribution is -2.14. The van der Waals surface area contributed by atoms with Crippen molar-refractivity contribution in [3.8, 4) is 5.75 Å². The second kappa shape index (κ2) is 5.94. The van der Waals surface area contributed by atoms with Gasteiger partial charge in [0.15, 0.2) is 0 Å². The van der Waals surface area contributed by atoms with Gasteiger partial charge in [-0.25, -0.2) is 4.39 Å². The van der Waals surface area contributed by atoms with E-state index < -0.39 is 11.7 Å². The summed E-state index contributed by atoms with van der Waals surface area (Å²) in [5.74, 6) is -0.653. The Morgan fingerprint density at radius 1 is 1.00 bits per heavy atom. The van der Waals surface area contributed by atoms with E-state index in [1.807, 2.05) is 24.3 Å². The molecule has 1 amide bonds. The monoisotopic (exact) mass is 335 g/mol. The topological polar surface area (TPSA) is 51.5 Å². The second-order valence-electron chi connectivity index (χ2n) is 5.58. The highest BCUT2D eigenvalue weighted by Gasteiger charge is 2.16. The molecule has 0 unspecified atom stereocenters. The Kier molecular flexibility index (Phi) is 3.61. The third-order valence-electron chi connectivity index (χ3n) is 4.07. The molecule has 0 radical (unpaired) electrons. The van der Waals surface area contributed by atoms with Gasteiger partial charge in [-0.05, 0) is 24.3 Å². The van der Waals surface area contributed by atoms with Gasteiger partial charge in [0, 0.05) is 16.8 Å². The maximum absolute atomic E-state index is 13.8. The van der Waals surface area contributed by atoms with E-state index in [1.165, 1.54) is 25.3 Å². The summed E-state index contributed by atoms with van der Waals surface area (Å²) in [6.07, 6.45) is 0. The fourth-order valence-corrected chi connectivity index (χ4v) is 2.85. The summed E-state index contributed by atoms with van der Waals surface area (Å²) in [6, 6.07) is 17.0. The van der Waals surface area contributed by atoms with Crippen LogP contribution in [0.1, 0.15) is 10.4 Å². The minimum atomic E-state index is -0.580. The molecule has 0 aliphatic carbocycles. The number of carbonyl (C=O) groups excluding carboxylic acids is 1. The van der Waals surface area contributed by atoms with E-state index in [0.717, 1.165) is 16.4 Å². The Hall–Kier alpha value is -3.34. The number of methoxy groups -OCH3 is 1. The molecule has 4 rings (SSSR count). The fraction of sp³-hybridized carbons (Fsp3) is 0.0500. The van der Waals surface area contributed by atoms with Gasteiger partial charge in [0.1, 0.15) is 22.7 Å². The molecule has 3 aromatic carbocycles. The zero-order valence-electron chi connectivity index (χ0n) is 13.4. The van der Waals surface area contributed by atoms with Crippen molar-refractivity contribution in [2.24, 2.45) is 0 Å². The number of halogens is 1. The largest absolute Gasteiger partial charge is 0.495 e. The van der Waals surface area contributed by atoms with Crippen molar-refractivity contribution in [2.45, 2.75) is 0 Å². The molecule has 25 heavy (non-hydrogen) atoms. The zero-order chi connectivity index (χ0) is 17.4. The van der Waals surface area contributed by atoms with Crippen LogP contribution in [0.15, 0.2) is 65.1 Å². The minimum absolute atomic E-state index is 0.0331. The molecule has 5 heteroatoms. The van der Waals surface area contributed by atoms with Crippen molar-refractivity contribution < 1.29 is 18.3 Å². The predicted octanol–water partition coefficient (Wildman–Crippen LogP) is 4.99. The molecule has 0 aliphatic rings. The number of hydrogen-bond donors (Lipinski definition) is 1. The Morgan fingerprint density at radius 2 is 1.76 bits per heavy atom. The van der Waals surface area contributed by atoms with Gasteiger partial charge in [-0.3, -0.25) is 4.79 Å². The lowest BCUT2D eigenvalue weighted by atomic mass is 10.1. The minimum Gasteiger partial charge on any atom is -0.495 e. The first kappa shape index (κ1) is 15.2. The number of amides is 1. The van der Waals surface area contributed by atoms with Gasteiger partial charge >= 0.3 is 0 Å². The first-order valence-electron chi connectivity index (χ1n) is 7.72. The van der Waals surface area contributed by atoms with E-state index in [1.54, 1.807) is 18.2 Å². The lowest BCUT2D eigenvalue weighted by molar-refractivity contribution is 0.102. The van der Waals surface area contributed by atoms with Crippen LogP contribution in [0.5, 0.6) is 5.75 Å². The van der Waals surface area contributed by atoms with E-state index in [4.69, 9.17) is 9.15 Å². The van der Waals surface area contributed by atoms with Crippen LogP contribution in [-0.4, -0.2) is 13.0 Å². The summed E-state index contributed by atoms with van der Waals surface area (Å²) in [5.41, 5.74) is 1.75. The van der Waals surface area contributed by atoms with Crippen LogP contribution in [-0.2, 0) is 0 Å². The molecule has 4 aromatic rings. The highest BCUT2D eigenvalue weighted by atomic mass is 19.1. The van der Waals surface area contributed by atoms with Crippen molar-refractivity contribution >= 4 is 33.5 Å². The molecule has 124 valence electrons. The summed E-state index contributed by atoms with van der Waals surface area (Å²) in [7, 11) is 1.52. The van der Waals surface area contributed by atoms with Gasteiger partial charge in [0.2, 0.25) is 0 Å². The van der Waals surface area contributed by atoms with Crippen molar-refractivity contribution in [2.75, 3.05) is 12.4 Å². The number of ether oxygens (including phenoxy) is 1. The molecule has 0 atom stereocenters. The number of furan rings is 1. The summed E-state index contributed by atoms with van der Waals surface area (Å²) >= 11 is 0. The van der Waals surface area contributed by atoms with Crippen LogP contribution in [0, 0.1) is 5.82 Å². The number of carbonyl (C=O) groups is 1. The van der Waals surface area contributed by atoms with Crippen LogP contribution < -0.4 is 10.1 Å². The van der Waals surface area contributed by atoms with E-state index >= 15 is 0 Å². The highest BCUT2D eigenvalue weighted by molar-refractivity contribution is 6.10. The first-order valence-corrected chi connectivity index (χ1v) is 7.72. The standard InChI is InChI=1S/C20H14FNO3/c1-24-19-10-14-12-6-3-5-9-17(12)25-18(14)11-16(19)22-20(23)13-7-2-4-8-15(13)21/h2-11H,1H3,(H,22,23). The number of hydrogen-bond acceptors (Lipinski definition) is 3. The van der Waals surface area contributed by atoms with Crippen molar-refractivity contribution in [1.29, 1.82) is 0 Å². The smallest absolute Gasteiger partial charge is 0.258 e. The van der Waals surface area contributed by atoms with Crippen molar-refractivity contribution in [3.63, 3.8) is 0 Å². The summed E-state index contributed by atoms with van der Waals surface area (Å²) < 4.78 is 25.0. The Labute approximate surface area is 142 Å². The molecule has 1 heterocycles. The quantitative estimate of drug-likeness (QED) is 0.574. The van der Waals surface area contributed by atoms with Gasteiger partial charge in [-0.1, -0.05) is 30.3 Å². The van der Waals surface area contributed by atoms with Gasteiger partial charge < -0.3 is 14.5 Å². The molecule has 0 saturated carbocycles. The molecule has 4 nitrogen and oxygen atoms in total. The predicted molar refractivity (Wildman–Crippen MR) is 94.6 cm³/mol. The van der Waals surface area contributed by atoms with Crippen LogP contribution in [0.2, 0.25) is 0 Å². The molecular weight excluding hydrogens is 321 g/mol. The fourth-order valence-electron chi connectivity index (χ4n) is 2.85. The average molecular weight is 335 g/mol. The number of para-hydroxylation sites is 1. The number of anilines is 1. The molecule has 0 saturated heterocycles. The maximum atomic E-state index is 13.8. The molecular formula is C20H14FNO3. The maximum Gasteiger partial charge on any atom is 0.258 e. The highest BCUT2D eigenvalue weighted by Crippen LogP contribution is 2.36. The van der Waals surface area contributed by atoms with Crippen molar-refractivity contribution in [3.05, 3.63) is 72.0 Å². The van der Waals surface area contributed by atoms with Gasteiger partial charge in [0.05, 0.1) is 18.4 Å². The number of fused-ring (bicyclic) bond motifs is 3.